The first kappa shape index (κ1) is 17.4. The van der Waals surface area contributed by atoms with Crippen molar-refractivity contribution in [2.24, 2.45) is 16.8 Å². The van der Waals surface area contributed by atoms with Crippen LogP contribution >= 0.6 is 31.9 Å². The van der Waals surface area contributed by atoms with Gasteiger partial charge in [0, 0.05) is 8.95 Å². The monoisotopic (exact) mass is 427 g/mol. The van der Waals surface area contributed by atoms with Gasteiger partial charge < -0.3 is 10.9 Å². The second kappa shape index (κ2) is 6.88. The minimum Gasteiger partial charge on any atom is -0.409 e. The number of amidine groups is 1. The van der Waals surface area contributed by atoms with Crippen LogP contribution < -0.4 is 10.5 Å². The number of nitrogens with zero attached hydrogens (tertiary/aromatic N) is 1. The zero-order chi connectivity index (χ0) is 15.5. The van der Waals surface area contributed by atoms with E-state index in [1.807, 2.05) is 0 Å². The molecule has 0 saturated heterocycles. The highest BCUT2D eigenvalue weighted by molar-refractivity contribution is 9.11. The molecule has 0 aromatic heterocycles. The standard InChI is InChI=1S/C11H15Br2N3O3S/c1-6(2)10(11(14)15-17)16-20(18,19)9-5-7(12)3-4-8(9)13/h3-6,10,16-17H,1-2H3,(H2,14,15). The maximum Gasteiger partial charge on any atom is 0.242 e. The molecule has 0 amide bonds. The molecule has 0 spiro atoms. The van der Waals surface area contributed by atoms with Gasteiger partial charge in [0.2, 0.25) is 10.0 Å². The van der Waals surface area contributed by atoms with Gasteiger partial charge in [-0.2, -0.15) is 0 Å². The molecule has 0 bridgehead atoms. The van der Waals surface area contributed by atoms with E-state index < -0.39 is 16.1 Å². The molecule has 0 aliphatic rings. The third-order valence-electron chi connectivity index (χ3n) is 2.57. The third kappa shape index (κ3) is 4.18. The van der Waals surface area contributed by atoms with Crippen molar-refractivity contribution in [1.82, 2.24) is 4.72 Å². The van der Waals surface area contributed by atoms with Crippen LogP contribution in [-0.2, 0) is 10.0 Å². The van der Waals surface area contributed by atoms with Crippen molar-refractivity contribution >= 4 is 47.7 Å². The fourth-order valence-electron chi connectivity index (χ4n) is 1.51. The minimum absolute atomic E-state index is 0.0725. The Bertz CT molecular complexity index is 617. The van der Waals surface area contributed by atoms with E-state index in [1.165, 1.54) is 6.07 Å². The quantitative estimate of drug-likeness (QED) is 0.289. The number of nitrogens with two attached hydrogens (primary N) is 1. The summed E-state index contributed by atoms with van der Waals surface area (Å²) >= 11 is 6.42. The lowest BCUT2D eigenvalue weighted by Gasteiger charge is -2.21. The first-order chi connectivity index (χ1) is 9.19. The topological polar surface area (TPSA) is 105 Å². The van der Waals surface area contributed by atoms with Crippen LogP contribution in [0.2, 0.25) is 0 Å². The molecular weight excluding hydrogens is 414 g/mol. The van der Waals surface area contributed by atoms with Crippen molar-refractivity contribution in [1.29, 1.82) is 0 Å². The third-order valence-corrected chi connectivity index (χ3v) is 5.49. The van der Waals surface area contributed by atoms with Crippen molar-refractivity contribution in [3.05, 3.63) is 27.1 Å². The van der Waals surface area contributed by atoms with Crippen LogP contribution in [0.4, 0.5) is 0 Å². The van der Waals surface area contributed by atoms with Crippen molar-refractivity contribution < 1.29 is 13.6 Å². The van der Waals surface area contributed by atoms with Crippen LogP contribution in [0, 0.1) is 5.92 Å². The van der Waals surface area contributed by atoms with E-state index in [9.17, 15) is 8.42 Å². The van der Waals surface area contributed by atoms with Crippen molar-refractivity contribution in [3.63, 3.8) is 0 Å². The molecule has 1 rings (SSSR count). The van der Waals surface area contributed by atoms with Crippen LogP contribution in [0.15, 0.2) is 37.2 Å². The maximum atomic E-state index is 12.4. The molecule has 9 heteroatoms. The second-order valence-corrected chi connectivity index (χ2v) is 7.89. The lowest BCUT2D eigenvalue weighted by atomic mass is 10.1. The highest BCUT2D eigenvalue weighted by Crippen LogP contribution is 2.26. The Morgan fingerprint density at radius 2 is 2.00 bits per heavy atom. The van der Waals surface area contributed by atoms with E-state index in [0.717, 1.165) is 0 Å². The first-order valence-electron chi connectivity index (χ1n) is 5.64. The van der Waals surface area contributed by atoms with E-state index in [4.69, 9.17) is 10.9 Å². The summed E-state index contributed by atoms with van der Waals surface area (Å²) in [6.07, 6.45) is 0. The normalized spacial score (nSPS) is 14.6. The van der Waals surface area contributed by atoms with Crippen molar-refractivity contribution in [2.75, 3.05) is 0 Å². The van der Waals surface area contributed by atoms with E-state index in [1.54, 1.807) is 26.0 Å². The Morgan fingerprint density at radius 1 is 1.40 bits per heavy atom. The van der Waals surface area contributed by atoms with Gasteiger partial charge in [-0.3, -0.25) is 0 Å². The Kier molecular flexibility index (Phi) is 5.99. The largest absolute Gasteiger partial charge is 0.409 e. The number of nitrogens with one attached hydrogen (secondary N) is 1. The Balaban J connectivity index is 3.20. The average Bonchev–Trinajstić information content (AvgIpc) is 2.37. The van der Waals surface area contributed by atoms with E-state index in [2.05, 4.69) is 41.7 Å². The molecule has 20 heavy (non-hydrogen) atoms. The van der Waals surface area contributed by atoms with Gasteiger partial charge in [0.25, 0.3) is 0 Å². The smallest absolute Gasteiger partial charge is 0.242 e. The molecule has 0 saturated carbocycles. The summed E-state index contributed by atoms with van der Waals surface area (Å²) in [5.41, 5.74) is 5.52. The van der Waals surface area contributed by atoms with Gasteiger partial charge in [0.15, 0.2) is 5.84 Å². The van der Waals surface area contributed by atoms with Crippen molar-refractivity contribution in [2.45, 2.75) is 24.8 Å². The maximum absolute atomic E-state index is 12.4. The Hall–Kier alpha value is -0.640. The molecule has 1 unspecified atom stereocenters. The summed E-state index contributed by atoms with van der Waals surface area (Å²) in [6, 6.07) is 4.01. The average molecular weight is 429 g/mol. The molecule has 4 N–H and O–H groups in total. The number of rotatable bonds is 5. The summed E-state index contributed by atoms with van der Waals surface area (Å²) in [7, 11) is -3.81. The summed E-state index contributed by atoms with van der Waals surface area (Å²) in [4.78, 5) is 0.0725. The van der Waals surface area contributed by atoms with E-state index >= 15 is 0 Å². The Morgan fingerprint density at radius 3 is 2.50 bits per heavy atom. The molecule has 0 heterocycles. The van der Waals surface area contributed by atoms with E-state index in [0.29, 0.717) is 8.95 Å². The predicted molar refractivity (Wildman–Crippen MR) is 84.2 cm³/mol. The molecule has 0 aliphatic heterocycles. The molecule has 1 aromatic rings. The summed E-state index contributed by atoms with van der Waals surface area (Å²) in [5.74, 6) is -0.360. The van der Waals surface area contributed by atoms with Crippen LogP contribution in [0.1, 0.15) is 13.8 Å². The van der Waals surface area contributed by atoms with Gasteiger partial charge in [0.1, 0.15) is 0 Å². The fourth-order valence-corrected chi connectivity index (χ4v) is 4.37. The fraction of sp³-hybridized carbons (Fsp3) is 0.364. The lowest BCUT2D eigenvalue weighted by molar-refractivity contribution is 0.313. The number of benzene rings is 1. The highest BCUT2D eigenvalue weighted by atomic mass is 79.9. The number of hydrogen-bond acceptors (Lipinski definition) is 4. The van der Waals surface area contributed by atoms with Gasteiger partial charge in [-0.1, -0.05) is 34.9 Å². The van der Waals surface area contributed by atoms with Gasteiger partial charge in [-0.05, 0) is 40.0 Å². The predicted octanol–water partition coefficient (Wildman–Crippen LogP) is 2.26. The SMILES string of the molecule is CC(C)C(NS(=O)(=O)c1cc(Br)ccc1Br)C(N)=NO. The molecular formula is C11H15Br2N3O3S. The first-order valence-corrected chi connectivity index (χ1v) is 8.70. The zero-order valence-corrected chi connectivity index (χ0v) is 14.8. The summed E-state index contributed by atoms with van der Waals surface area (Å²) < 4.78 is 28.3. The van der Waals surface area contributed by atoms with Crippen LogP contribution in [0.25, 0.3) is 0 Å². The molecule has 0 fully saturated rings. The molecule has 0 radical (unpaired) electrons. The summed E-state index contributed by atoms with van der Waals surface area (Å²) in [6.45, 7) is 3.53. The van der Waals surface area contributed by atoms with Crippen LogP contribution in [-0.4, -0.2) is 25.5 Å². The number of sulfonamides is 1. The second-order valence-electron chi connectivity index (χ2n) is 4.44. The van der Waals surface area contributed by atoms with Gasteiger partial charge in [0.05, 0.1) is 10.9 Å². The summed E-state index contributed by atoms with van der Waals surface area (Å²) in [5, 5.41) is 11.6. The molecule has 1 atom stereocenters. The van der Waals surface area contributed by atoms with Gasteiger partial charge in [-0.15, -0.1) is 0 Å². The number of halogens is 2. The van der Waals surface area contributed by atoms with Gasteiger partial charge >= 0.3 is 0 Å². The van der Waals surface area contributed by atoms with Crippen LogP contribution in [0.3, 0.4) is 0 Å². The van der Waals surface area contributed by atoms with E-state index in [-0.39, 0.29) is 16.6 Å². The minimum atomic E-state index is -3.81. The molecule has 0 aliphatic carbocycles. The number of hydrogen-bond donors (Lipinski definition) is 3. The van der Waals surface area contributed by atoms with Crippen molar-refractivity contribution in [3.8, 4) is 0 Å². The Labute approximate surface area is 134 Å². The molecule has 6 nitrogen and oxygen atoms in total. The van der Waals surface area contributed by atoms with Crippen LogP contribution in [0.5, 0.6) is 0 Å². The zero-order valence-electron chi connectivity index (χ0n) is 10.8. The van der Waals surface area contributed by atoms with Gasteiger partial charge in [-0.25, -0.2) is 13.1 Å². The highest BCUT2D eigenvalue weighted by Gasteiger charge is 2.27. The molecule has 112 valence electrons. The lowest BCUT2D eigenvalue weighted by Crippen LogP contribution is -2.47. The number of oxime groups is 1. The molecule has 1 aromatic carbocycles.